The Morgan fingerprint density at radius 1 is 1.24 bits per heavy atom. The molecule has 2 fully saturated rings. The maximum Gasteiger partial charge on any atom is 0.282 e. The molecule has 0 bridgehead atoms. The molecule has 29 heavy (non-hydrogen) atoms. The molecule has 0 aromatic carbocycles. The van der Waals surface area contributed by atoms with E-state index in [-0.39, 0.29) is 11.9 Å². The van der Waals surface area contributed by atoms with E-state index in [2.05, 4.69) is 24.0 Å². The number of amides is 1. The third-order valence-electron chi connectivity index (χ3n) is 5.26. The van der Waals surface area contributed by atoms with Gasteiger partial charge in [-0.05, 0) is 12.3 Å². The first-order valence-electron chi connectivity index (χ1n) is 10.2. The number of aromatic nitrogens is 2. The Morgan fingerprint density at radius 2 is 1.97 bits per heavy atom. The third-order valence-corrected chi connectivity index (χ3v) is 7.27. The van der Waals surface area contributed by atoms with Gasteiger partial charge in [-0.15, -0.1) is 0 Å². The number of carbonyl (C=O) groups excluding carboxylic acids is 1. The van der Waals surface area contributed by atoms with E-state index >= 15 is 0 Å². The zero-order valence-electron chi connectivity index (χ0n) is 17.4. The van der Waals surface area contributed by atoms with Gasteiger partial charge in [-0.1, -0.05) is 19.0 Å². The number of nitrogens with zero attached hydrogens (tertiary/aromatic N) is 5. The summed E-state index contributed by atoms with van der Waals surface area (Å²) in [5, 5.41) is 3.99. The van der Waals surface area contributed by atoms with Gasteiger partial charge in [0.1, 0.15) is 0 Å². The maximum absolute atomic E-state index is 12.9. The molecule has 11 heteroatoms. The molecule has 2 aliphatic heterocycles. The molecule has 0 radical (unpaired) electrons. The van der Waals surface area contributed by atoms with Crippen LogP contribution in [0.15, 0.2) is 4.52 Å². The molecule has 3 heterocycles. The van der Waals surface area contributed by atoms with Gasteiger partial charge in [-0.2, -0.15) is 22.0 Å². The SMILES string of the molecule is CC(=O)N(CCc1noc(CC(C)C)n1)C1CCN(S(=O)(=O)N2CCOCC2)C1. The lowest BCUT2D eigenvalue weighted by atomic mass is 10.1. The molecule has 164 valence electrons. The number of rotatable bonds is 8. The molecular formula is C18H31N5O5S. The number of morpholine rings is 1. The van der Waals surface area contributed by atoms with Gasteiger partial charge in [0.2, 0.25) is 11.8 Å². The summed E-state index contributed by atoms with van der Waals surface area (Å²) in [4.78, 5) is 18.3. The van der Waals surface area contributed by atoms with E-state index in [1.165, 1.54) is 15.5 Å². The smallest absolute Gasteiger partial charge is 0.282 e. The zero-order valence-corrected chi connectivity index (χ0v) is 18.2. The van der Waals surface area contributed by atoms with Crippen LogP contribution in [0.1, 0.15) is 38.9 Å². The quantitative estimate of drug-likeness (QED) is 0.585. The molecule has 2 aliphatic rings. The van der Waals surface area contributed by atoms with Crippen molar-refractivity contribution in [1.29, 1.82) is 0 Å². The van der Waals surface area contributed by atoms with Crippen molar-refractivity contribution in [1.82, 2.24) is 23.7 Å². The van der Waals surface area contributed by atoms with Gasteiger partial charge in [0, 0.05) is 58.5 Å². The third kappa shape index (κ3) is 5.53. The summed E-state index contributed by atoms with van der Waals surface area (Å²) in [5.41, 5.74) is 0. The van der Waals surface area contributed by atoms with Crippen molar-refractivity contribution < 1.29 is 22.5 Å². The Balaban J connectivity index is 1.58. The van der Waals surface area contributed by atoms with Crippen molar-refractivity contribution in [3.8, 4) is 0 Å². The Kier molecular flexibility index (Phi) is 7.25. The second kappa shape index (κ2) is 9.50. The van der Waals surface area contributed by atoms with Crippen LogP contribution in [0.4, 0.5) is 0 Å². The average Bonchev–Trinajstić information content (AvgIpc) is 3.32. The van der Waals surface area contributed by atoms with Crippen LogP contribution in [-0.2, 0) is 32.6 Å². The first-order valence-corrected chi connectivity index (χ1v) is 11.6. The lowest BCUT2D eigenvalue weighted by Gasteiger charge is -2.31. The molecule has 0 N–H and O–H groups in total. The van der Waals surface area contributed by atoms with Crippen LogP contribution < -0.4 is 0 Å². The zero-order chi connectivity index (χ0) is 21.0. The molecule has 0 saturated carbocycles. The van der Waals surface area contributed by atoms with Gasteiger partial charge in [0.05, 0.1) is 13.2 Å². The fourth-order valence-corrected chi connectivity index (χ4v) is 5.39. The van der Waals surface area contributed by atoms with Crippen LogP contribution >= 0.6 is 0 Å². The van der Waals surface area contributed by atoms with Gasteiger partial charge in [0.15, 0.2) is 5.82 Å². The highest BCUT2D eigenvalue weighted by atomic mass is 32.2. The summed E-state index contributed by atoms with van der Waals surface area (Å²) in [6.07, 6.45) is 1.82. The highest BCUT2D eigenvalue weighted by Crippen LogP contribution is 2.22. The van der Waals surface area contributed by atoms with Crippen LogP contribution in [0, 0.1) is 5.92 Å². The second-order valence-corrected chi connectivity index (χ2v) is 9.91. The molecule has 1 amide bonds. The second-order valence-electron chi connectivity index (χ2n) is 7.98. The van der Waals surface area contributed by atoms with Crippen LogP contribution in [-0.4, -0.2) is 90.0 Å². The molecule has 1 aromatic rings. The Bertz CT molecular complexity index is 790. The summed E-state index contributed by atoms with van der Waals surface area (Å²) in [5.74, 6) is 1.53. The highest BCUT2D eigenvalue weighted by Gasteiger charge is 2.38. The fourth-order valence-electron chi connectivity index (χ4n) is 3.76. The van der Waals surface area contributed by atoms with Crippen molar-refractivity contribution in [2.75, 3.05) is 45.9 Å². The standard InChI is InChI=1S/C18H31N5O5S/c1-14(2)12-18-19-17(20-28-18)5-7-23(15(3)24)16-4-6-22(13-16)29(25,26)21-8-10-27-11-9-21/h14,16H,4-13H2,1-3H3. The Hall–Kier alpha value is -1.56. The van der Waals surface area contributed by atoms with E-state index in [0.29, 0.717) is 76.4 Å². The predicted molar refractivity (Wildman–Crippen MR) is 105 cm³/mol. The van der Waals surface area contributed by atoms with Gasteiger partial charge in [0.25, 0.3) is 10.2 Å². The normalized spacial score (nSPS) is 21.7. The molecule has 1 unspecified atom stereocenters. The molecule has 1 aromatic heterocycles. The number of hydrogen-bond acceptors (Lipinski definition) is 7. The maximum atomic E-state index is 12.9. The van der Waals surface area contributed by atoms with Crippen molar-refractivity contribution in [2.24, 2.45) is 5.92 Å². The van der Waals surface area contributed by atoms with Gasteiger partial charge >= 0.3 is 0 Å². The van der Waals surface area contributed by atoms with Crippen molar-refractivity contribution in [3.05, 3.63) is 11.7 Å². The van der Waals surface area contributed by atoms with Gasteiger partial charge in [-0.25, -0.2) is 0 Å². The molecular weight excluding hydrogens is 398 g/mol. The van der Waals surface area contributed by atoms with Crippen LogP contribution in [0.25, 0.3) is 0 Å². The number of hydrogen-bond donors (Lipinski definition) is 0. The summed E-state index contributed by atoms with van der Waals surface area (Å²) in [6.45, 7) is 8.41. The summed E-state index contributed by atoms with van der Waals surface area (Å²) in [6, 6.07) is -0.148. The van der Waals surface area contributed by atoms with Crippen LogP contribution in [0.5, 0.6) is 0 Å². The minimum Gasteiger partial charge on any atom is -0.379 e. The van der Waals surface area contributed by atoms with Gasteiger partial charge < -0.3 is 14.2 Å². The fraction of sp³-hybridized carbons (Fsp3) is 0.833. The molecule has 0 aliphatic carbocycles. The van der Waals surface area contributed by atoms with E-state index in [9.17, 15) is 13.2 Å². The Labute approximate surface area is 172 Å². The van der Waals surface area contributed by atoms with Crippen LogP contribution in [0.2, 0.25) is 0 Å². The van der Waals surface area contributed by atoms with Crippen molar-refractivity contribution >= 4 is 16.1 Å². The first-order chi connectivity index (χ1) is 13.8. The van der Waals surface area contributed by atoms with Crippen molar-refractivity contribution in [2.45, 2.75) is 46.1 Å². The molecule has 0 spiro atoms. The Morgan fingerprint density at radius 3 is 2.62 bits per heavy atom. The topological polar surface area (TPSA) is 109 Å². The van der Waals surface area contributed by atoms with E-state index in [4.69, 9.17) is 9.26 Å². The minimum absolute atomic E-state index is 0.0773. The van der Waals surface area contributed by atoms with E-state index in [0.717, 1.165) is 6.42 Å². The lowest BCUT2D eigenvalue weighted by Crippen LogP contribution is -2.49. The first kappa shape index (κ1) is 22.1. The lowest BCUT2D eigenvalue weighted by molar-refractivity contribution is -0.130. The summed E-state index contributed by atoms with van der Waals surface area (Å²) < 4.78 is 39.2. The predicted octanol–water partition coefficient (Wildman–Crippen LogP) is 0.310. The molecule has 2 saturated heterocycles. The largest absolute Gasteiger partial charge is 0.379 e. The summed E-state index contributed by atoms with van der Waals surface area (Å²) >= 11 is 0. The van der Waals surface area contributed by atoms with E-state index in [1.807, 2.05) is 0 Å². The van der Waals surface area contributed by atoms with E-state index in [1.54, 1.807) is 4.90 Å². The minimum atomic E-state index is -3.52. The highest BCUT2D eigenvalue weighted by molar-refractivity contribution is 7.86. The van der Waals surface area contributed by atoms with Crippen LogP contribution in [0.3, 0.4) is 0 Å². The molecule has 10 nitrogen and oxygen atoms in total. The monoisotopic (exact) mass is 429 g/mol. The molecule has 1 atom stereocenters. The number of carbonyl (C=O) groups is 1. The van der Waals surface area contributed by atoms with Gasteiger partial charge in [-0.3, -0.25) is 4.79 Å². The molecule has 3 rings (SSSR count). The summed E-state index contributed by atoms with van der Waals surface area (Å²) in [7, 11) is -3.52. The average molecular weight is 430 g/mol. The van der Waals surface area contributed by atoms with Crippen molar-refractivity contribution in [3.63, 3.8) is 0 Å². The number of ether oxygens (including phenoxy) is 1. The van der Waals surface area contributed by atoms with E-state index < -0.39 is 10.2 Å².